The summed E-state index contributed by atoms with van der Waals surface area (Å²) in [6.45, 7) is 2.14. The second kappa shape index (κ2) is 10.7. The molecule has 0 radical (unpaired) electrons. The molecule has 8 nitrogen and oxygen atoms in total. The first-order chi connectivity index (χ1) is 15.1. The van der Waals surface area contributed by atoms with Gasteiger partial charge in [-0.05, 0) is 36.2 Å². The minimum absolute atomic E-state index is 0.118. The number of anilines is 1. The van der Waals surface area contributed by atoms with Crippen LogP contribution in [0, 0.1) is 0 Å². The van der Waals surface area contributed by atoms with Crippen LogP contribution in [-0.4, -0.2) is 48.2 Å². The molecule has 1 aromatic heterocycles. The fraction of sp³-hybridized carbons (Fsp3) is 0.318. The van der Waals surface area contributed by atoms with Crippen molar-refractivity contribution >= 4 is 23.4 Å². The smallest absolute Gasteiger partial charge is 0.234 e. The van der Waals surface area contributed by atoms with Gasteiger partial charge in [0.15, 0.2) is 17.3 Å². The molecular weight excluding hydrogens is 416 g/mol. The molecule has 0 unspecified atom stereocenters. The van der Waals surface area contributed by atoms with Crippen molar-refractivity contribution in [3.63, 3.8) is 0 Å². The Morgan fingerprint density at radius 2 is 1.74 bits per heavy atom. The number of amides is 1. The van der Waals surface area contributed by atoms with E-state index in [-0.39, 0.29) is 11.7 Å². The van der Waals surface area contributed by atoms with Gasteiger partial charge in [0.25, 0.3) is 0 Å². The minimum atomic E-state index is -0.118. The Hall–Kier alpha value is -3.20. The number of aromatic amines is 1. The topological polar surface area (TPSA) is 98.4 Å². The first-order valence-electron chi connectivity index (χ1n) is 9.82. The Labute approximate surface area is 185 Å². The number of thioether (sulfide) groups is 1. The van der Waals surface area contributed by atoms with Gasteiger partial charge in [-0.1, -0.05) is 37.2 Å². The average Bonchev–Trinajstić information content (AvgIpc) is 3.27. The van der Waals surface area contributed by atoms with Crippen molar-refractivity contribution in [2.75, 3.05) is 32.4 Å². The molecular formula is C22H26N4O4S. The van der Waals surface area contributed by atoms with Gasteiger partial charge in [-0.25, -0.2) is 4.98 Å². The number of nitrogens with one attached hydrogen (secondary N) is 2. The van der Waals surface area contributed by atoms with Crippen molar-refractivity contribution in [2.24, 2.45) is 0 Å². The maximum absolute atomic E-state index is 12.3. The first kappa shape index (κ1) is 22.5. The Morgan fingerprint density at radius 3 is 2.32 bits per heavy atom. The summed E-state index contributed by atoms with van der Waals surface area (Å²) in [6, 6.07) is 11.5. The molecule has 0 bridgehead atoms. The number of aryl methyl sites for hydroxylation is 1. The second-order valence-electron chi connectivity index (χ2n) is 6.66. The first-order valence-corrected chi connectivity index (χ1v) is 10.8. The van der Waals surface area contributed by atoms with Gasteiger partial charge in [-0.3, -0.25) is 9.89 Å². The molecule has 0 aliphatic carbocycles. The predicted octanol–water partition coefficient (Wildman–Crippen LogP) is 4.18. The Kier molecular flexibility index (Phi) is 7.77. The van der Waals surface area contributed by atoms with Crippen molar-refractivity contribution in [3.8, 4) is 28.6 Å². The zero-order chi connectivity index (χ0) is 22.2. The van der Waals surface area contributed by atoms with Gasteiger partial charge in [0.2, 0.25) is 16.8 Å². The SMILES string of the molecule is CCCc1ccc(NC(=O)CSc2n[nH]c(-c3cc(OC)c(OC)c(OC)c3)n2)cc1. The number of methoxy groups -OCH3 is 3. The summed E-state index contributed by atoms with van der Waals surface area (Å²) in [5.74, 6) is 2.16. The van der Waals surface area contributed by atoms with E-state index in [4.69, 9.17) is 14.2 Å². The average molecular weight is 443 g/mol. The van der Waals surface area contributed by atoms with Crippen molar-refractivity contribution in [3.05, 3.63) is 42.0 Å². The van der Waals surface area contributed by atoms with E-state index in [1.165, 1.54) is 17.3 Å². The molecule has 0 fully saturated rings. The fourth-order valence-corrected chi connectivity index (χ4v) is 3.63. The zero-order valence-corrected chi connectivity index (χ0v) is 18.8. The van der Waals surface area contributed by atoms with E-state index < -0.39 is 0 Å². The number of hydrogen-bond donors (Lipinski definition) is 2. The van der Waals surface area contributed by atoms with Gasteiger partial charge in [0, 0.05) is 11.3 Å². The molecule has 2 N–H and O–H groups in total. The third-order valence-corrected chi connectivity index (χ3v) is 5.36. The number of ether oxygens (including phenoxy) is 3. The molecule has 0 atom stereocenters. The summed E-state index contributed by atoms with van der Waals surface area (Å²) in [6.07, 6.45) is 2.13. The zero-order valence-electron chi connectivity index (χ0n) is 18.0. The molecule has 164 valence electrons. The number of carbonyl (C=O) groups excluding carboxylic acids is 1. The van der Waals surface area contributed by atoms with Crippen LogP contribution in [0.15, 0.2) is 41.6 Å². The summed E-state index contributed by atoms with van der Waals surface area (Å²) < 4.78 is 16.1. The van der Waals surface area contributed by atoms with Gasteiger partial charge in [0.1, 0.15) is 0 Å². The third kappa shape index (κ3) is 5.69. The maximum Gasteiger partial charge on any atom is 0.234 e. The highest BCUT2D eigenvalue weighted by Crippen LogP contribution is 2.40. The minimum Gasteiger partial charge on any atom is -0.493 e. The van der Waals surface area contributed by atoms with E-state index in [9.17, 15) is 4.79 Å². The lowest BCUT2D eigenvalue weighted by Crippen LogP contribution is -2.14. The van der Waals surface area contributed by atoms with Crippen LogP contribution in [-0.2, 0) is 11.2 Å². The predicted molar refractivity (Wildman–Crippen MR) is 121 cm³/mol. The van der Waals surface area contributed by atoms with Crippen LogP contribution in [0.5, 0.6) is 17.2 Å². The molecule has 0 saturated heterocycles. The lowest BCUT2D eigenvalue weighted by atomic mass is 10.1. The number of H-pyrrole nitrogens is 1. The highest BCUT2D eigenvalue weighted by atomic mass is 32.2. The van der Waals surface area contributed by atoms with Crippen LogP contribution in [0.3, 0.4) is 0 Å². The van der Waals surface area contributed by atoms with E-state index in [2.05, 4.69) is 27.4 Å². The number of benzene rings is 2. The monoisotopic (exact) mass is 442 g/mol. The number of carbonyl (C=O) groups is 1. The number of nitrogens with zero attached hydrogens (tertiary/aromatic N) is 2. The molecule has 2 aromatic carbocycles. The summed E-state index contributed by atoms with van der Waals surface area (Å²) in [5.41, 5.74) is 2.76. The molecule has 1 amide bonds. The second-order valence-corrected chi connectivity index (χ2v) is 7.61. The number of hydrogen-bond acceptors (Lipinski definition) is 7. The molecule has 0 aliphatic rings. The maximum atomic E-state index is 12.3. The summed E-state index contributed by atoms with van der Waals surface area (Å²) >= 11 is 1.25. The number of rotatable bonds is 10. The van der Waals surface area contributed by atoms with E-state index in [0.29, 0.717) is 28.2 Å². The van der Waals surface area contributed by atoms with E-state index in [1.54, 1.807) is 33.5 Å². The van der Waals surface area contributed by atoms with Crippen LogP contribution >= 0.6 is 11.8 Å². The standard InChI is InChI=1S/C22H26N4O4S/c1-5-6-14-7-9-16(10-8-14)23-19(27)13-31-22-24-21(25-26-22)15-11-17(28-2)20(30-4)18(12-15)29-3/h7-12H,5-6,13H2,1-4H3,(H,23,27)(H,24,25,26). The summed E-state index contributed by atoms with van der Waals surface area (Å²) in [4.78, 5) is 16.7. The van der Waals surface area contributed by atoms with E-state index in [0.717, 1.165) is 24.1 Å². The highest BCUT2D eigenvalue weighted by Gasteiger charge is 2.16. The molecule has 3 aromatic rings. The lowest BCUT2D eigenvalue weighted by Gasteiger charge is -2.13. The van der Waals surface area contributed by atoms with Crippen LogP contribution in [0.4, 0.5) is 5.69 Å². The molecule has 9 heteroatoms. The van der Waals surface area contributed by atoms with Gasteiger partial charge in [0.05, 0.1) is 27.1 Å². The molecule has 0 spiro atoms. The van der Waals surface area contributed by atoms with Crippen LogP contribution in [0.2, 0.25) is 0 Å². The Bertz CT molecular complexity index is 996. The van der Waals surface area contributed by atoms with Crippen molar-refractivity contribution < 1.29 is 19.0 Å². The van der Waals surface area contributed by atoms with Crippen molar-refractivity contribution in [2.45, 2.75) is 24.9 Å². The Morgan fingerprint density at radius 1 is 1.06 bits per heavy atom. The molecule has 1 heterocycles. The normalized spacial score (nSPS) is 10.6. The third-order valence-electron chi connectivity index (χ3n) is 4.51. The highest BCUT2D eigenvalue weighted by molar-refractivity contribution is 7.99. The van der Waals surface area contributed by atoms with Gasteiger partial charge >= 0.3 is 0 Å². The van der Waals surface area contributed by atoms with Gasteiger partial charge < -0.3 is 19.5 Å². The Balaban J connectivity index is 1.63. The lowest BCUT2D eigenvalue weighted by molar-refractivity contribution is -0.113. The van der Waals surface area contributed by atoms with E-state index in [1.807, 2.05) is 24.3 Å². The van der Waals surface area contributed by atoms with Gasteiger partial charge in [-0.2, -0.15) is 0 Å². The number of aromatic nitrogens is 3. The van der Waals surface area contributed by atoms with E-state index >= 15 is 0 Å². The molecule has 31 heavy (non-hydrogen) atoms. The van der Waals surface area contributed by atoms with Gasteiger partial charge in [-0.15, -0.1) is 5.10 Å². The van der Waals surface area contributed by atoms with Crippen LogP contribution < -0.4 is 19.5 Å². The fourth-order valence-electron chi connectivity index (χ4n) is 3.03. The summed E-state index contributed by atoms with van der Waals surface area (Å²) in [7, 11) is 4.66. The quantitative estimate of drug-likeness (QED) is 0.455. The molecule has 3 rings (SSSR count). The van der Waals surface area contributed by atoms with Crippen LogP contribution in [0.25, 0.3) is 11.4 Å². The van der Waals surface area contributed by atoms with Crippen molar-refractivity contribution in [1.82, 2.24) is 15.2 Å². The molecule has 0 saturated carbocycles. The molecule has 0 aliphatic heterocycles. The largest absolute Gasteiger partial charge is 0.493 e. The van der Waals surface area contributed by atoms with Crippen LogP contribution in [0.1, 0.15) is 18.9 Å². The summed E-state index contributed by atoms with van der Waals surface area (Å²) in [5, 5.41) is 10.4. The van der Waals surface area contributed by atoms with Crippen molar-refractivity contribution in [1.29, 1.82) is 0 Å².